The van der Waals surface area contributed by atoms with Gasteiger partial charge in [-0.25, -0.2) is 4.68 Å². The third kappa shape index (κ3) is 1.23. The van der Waals surface area contributed by atoms with Crippen LogP contribution in [0.1, 0.15) is 17.5 Å². The van der Waals surface area contributed by atoms with Crippen LogP contribution in [0.25, 0.3) is 0 Å². The molecule has 0 amide bonds. The van der Waals surface area contributed by atoms with Gasteiger partial charge in [0.05, 0.1) is 0 Å². The van der Waals surface area contributed by atoms with Crippen molar-refractivity contribution in [1.29, 1.82) is 0 Å². The highest BCUT2D eigenvalue weighted by molar-refractivity contribution is 9.10. The Morgan fingerprint density at radius 2 is 2.30 bits per heavy atom. The monoisotopic (exact) mass is 203 g/mol. The Hall–Kier alpha value is -0.710. The van der Waals surface area contributed by atoms with E-state index in [0.29, 0.717) is 4.73 Å². The summed E-state index contributed by atoms with van der Waals surface area (Å²) in [5.74, 6) is 0.121. The molecule has 1 aromatic heterocycles. The van der Waals surface area contributed by atoms with E-state index in [1.165, 1.54) is 11.6 Å². The van der Waals surface area contributed by atoms with Gasteiger partial charge in [-0.05, 0) is 15.9 Å². The number of carbonyl (C=O) groups is 1. The standard InChI is InChI=1S/C5H6BrN3O/c1-3(10)4-7-5(6)9(2)8-4/h1-2H3. The third-order valence-electron chi connectivity index (χ3n) is 1.02. The van der Waals surface area contributed by atoms with Crippen molar-refractivity contribution in [1.82, 2.24) is 14.8 Å². The van der Waals surface area contributed by atoms with Gasteiger partial charge in [-0.2, -0.15) is 4.98 Å². The number of nitrogens with zero attached hydrogens (tertiary/aromatic N) is 3. The van der Waals surface area contributed by atoms with Crippen molar-refractivity contribution in [2.75, 3.05) is 0 Å². The van der Waals surface area contributed by atoms with Crippen molar-refractivity contribution in [2.45, 2.75) is 6.92 Å². The van der Waals surface area contributed by atoms with Gasteiger partial charge < -0.3 is 0 Å². The Kier molecular flexibility index (Phi) is 1.85. The normalized spacial score (nSPS) is 9.90. The average molecular weight is 204 g/mol. The second kappa shape index (κ2) is 2.49. The van der Waals surface area contributed by atoms with Gasteiger partial charge in [0, 0.05) is 14.0 Å². The Morgan fingerprint density at radius 3 is 2.50 bits per heavy atom. The van der Waals surface area contributed by atoms with Crippen LogP contribution < -0.4 is 0 Å². The van der Waals surface area contributed by atoms with Gasteiger partial charge in [-0.3, -0.25) is 4.79 Å². The number of rotatable bonds is 1. The maximum absolute atomic E-state index is 10.7. The number of aromatic nitrogens is 3. The molecule has 0 bridgehead atoms. The fourth-order valence-electron chi connectivity index (χ4n) is 0.515. The molecule has 10 heavy (non-hydrogen) atoms. The first-order chi connectivity index (χ1) is 4.61. The van der Waals surface area contributed by atoms with E-state index in [2.05, 4.69) is 26.0 Å². The molecule has 0 saturated heterocycles. The maximum Gasteiger partial charge on any atom is 0.217 e. The molecule has 5 heteroatoms. The first kappa shape index (κ1) is 7.40. The molecule has 0 saturated carbocycles. The topological polar surface area (TPSA) is 47.8 Å². The molecule has 0 aliphatic rings. The van der Waals surface area contributed by atoms with Gasteiger partial charge in [0.15, 0.2) is 10.5 Å². The molecule has 1 aromatic rings. The quantitative estimate of drug-likeness (QED) is 0.635. The zero-order valence-corrected chi connectivity index (χ0v) is 7.21. The average Bonchev–Trinajstić information content (AvgIpc) is 2.13. The van der Waals surface area contributed by atoms with E-state index in [0.717, 1.165) is 0 Å². The first-order valence-corrected chi connectivity index (χ1v) is 3.48. The molecule has 0 radical (unpaired) electrons. The Bertz CT molecular complexity index is 248. The van der Waals surface area contributed by atoms with Crippen LogP contribution in [0.4, 0.5) is 0 Å². The molecule has 0 unspecified atom stereocenters. The van der Waals surface area contributed by atoms with Crippen LogP contribution in [0, 0.1) is 0 Å². The molecule has 0 atom stereocenters. The van der Waals surface area contributed by atoms with Crippen molar-refractivity contribution in [2.24, 2.45) is 7.05 Å². The van der Waals surface area contributed by atoms with Crippen molar-refractivity contribution in [3.05, 3.63) is 10.6 Å². The van der Waals surface area contributed by atoms with Crippen molar-refractivity contribution < 1.29 is 4.79 Å². The summed E-state index contributed by atoms with van der Waals surface area (Å²) in [7, 11) is 1.71. The zero-order chi connectivity index (χ0) is 7.72. The molecule has 0 aliphatic heterocycles. The van der Waals surface area contributed by atoms with Gasteiger partial charge in [0.2, 0.25) is 5.82 Å². The maximum atomic E-state index is 10.7. The van der Waals surface area contributed by atoms with Crippen molar-refractivity contribution in [3.63, 3.8) is 0 Å². The first-order valence-electron chi connectivity index (χ1n) is 2.68. The highest BCUT2D eigenvalue weighted by atomic mass is 79.9. The second-order valence-electron chi connectivity index (χ2n) is 1.88. The fourth-order valence-corrected chi connectivity index (χ4v) is 0.762. The zero-order valence-electron chi connectivity index (χ0n) is 5.63. The third-order valence-corrected chi connectivity index (χ3v) is 1.72. The molecular formula is C5H6BrN3O. The number of aryl methyl sites for hydroxylation is 1. The molecule has 54 valence electrons. The van der Waals surface area contributed by atoms with Crippen molar-refractivity contribution in [3.8, 4) is 0 Å². The molecule has 1 rings (SSSR count). The Labute approximate surface area is 66.4 Å². The van der Waals surface area contributed by atoms with E-state index in [9.17, 15) is 4.79 Å². The van der Waals surface area contributed by atoms with Crippen LogP contribution in [0.5, 0.6) is 0 Å². The lowest BCUT2D eigenvalue weighted by Crippen LogP contribution is -1.96. The van der Waals surface area contributed by atoms with Crippen LogP contribution in [-0.4, -0.2) is 20.5 Å². The molecule has 0 N–H and O–H groups in total. The van der Waals surface area contributed by atoms with Gasteiger partial charge in [-0.15, -0.1) is 5.10 Å². The summed E-state index contributed by atoms with van der Waals surface area (Å²) in [5, 5.41) is 3.82. The van der Waals surface area contributed by atoms with E-state index in [1.807, 2.05) is 0 Å². The highest BCUT2D eigenvalue weighted by Crippen LogP contribution is 2.04. The van der Waals surface area contributed by atoms with Crippen molar-refractivity contribution >= 4 is 21.7 Å². The summed E-state index contributed by atoms with van der Waals surface area (Å²) < 4.78 is 2.06. The molecule has 0 spiro atoms. The molecule has 0 fully saturated rings. The van der Waals surface area contributed by atoms with Gasteiger partial charge in [-0.1, -0.05) is 0 Å². The summed E-state index contributed by atoms with van der Waals surface area (Å²) >= 11 is 3.12. The van der Waals surface area contributed by atoms with Crippen LogP contribution in [0.15, 0.2) is 4.73 Å². The van der Waals surface area contributed by atoms with Gasteiger partial charge in [0.25, 0.3) is 0 Å². The smallest absolute Gasteiger partial charge is 0.217 e. The minimum absolute atomic E-state index is 0.124. The highest BCUT2D eigenvalue weighted by Gasteiger charge is 2.07. The van der Waals surface area contributed by atoms with Crippen LogP contribution in [0.2, 0.25) is 0 Å². The summed E-state index contributed by atoms with van der Waals surface area (Å²) in [4.78, 5) is 14.5. The number of hydrogen-bond acceptors (Lipinski definition) is 3. The lowest BCUT2D eigenvalue weighted by atomic mass is 10.4. The molecule has 0 aliphatic carbocycles. The summed E-state index contributed by atoms with van der Waals surface area (Å²) in [5.41, 5.74) is 0. The molecular weight excluding hydrogens is 198 g/mol. The summed E-state index contributed by atoms with van der Waals surface area (Å²) in [6.45, 7) is 1.43. The van der Waals surface area contributed by atoms with E-state index < -0.39 is 0 Å². The minimum atomic E-state index is -0.124. The summed E-state index contributed by atoms with van der Waals surface area (Å²) in [6.07, 6.45) is 0. The molecule has 4 nitrogen and oxygen atoms in total. The lowest BCUT2D eigenvalue weighted by molar-refractivity contribution is 0.100. The molecule has 1 heterocycles. The van der Waals surface area contributed by atoms with Gasteiger partial charge in [0.1, 0.15) is 0 Å². The van der Waals surface area contributed by atoms with E-state index in [4.69, 9.17) is 0 Å². The number of carbonyl (C=O) groups excluding carboxylic acids is 1. The summed E-state index contributed by atoms with van der Waals surface area (Å²) in [6, 6.07) is 0. The van der Waals surface area contributed by atoms with E-state index in [1.54, 1.807) is 7.05 Å². The number of ketones is 1. The SMILES string of the molecule is CC(=O)c1nc(Br)n(C)n1. The lowest BCUT2D eigenvalue weighted by Gasteiger charge is -1.83. The Balaban J connectivity index is 3.10. The minimum Gasteiger partial charge on any atom is -0.291 e. The van der Waals surface area contributed by atoms with Crippen LogP contribution in [0.3, 0.4) is 0 Å². The Morgan fingerprint density at radius 1 is 1.70 bits per heavy atom. The van der Waals surface area contributed by atoms with Crippen LogP contribution in [-0.2, 0) is 7.05 Å². The fraction of sp³-hybridized carbons (Fsp3) is 0.400. The second-order valence-corrected chi connectivity index (χ2v) is 2.59. The number of Topliss-reactive ketones (excluding diaryl/α,β-unsaturated/α-hetero) is 1. The number of hydrogen-bond donors (Lipinski definition) is 0. The largest absolute Gasteiger partial charge is 0.291 e. The van der Waals surface area contributed by atoms with E-state index >= 15 is 0 Å². The molecule has 0 aromatic carbocycles. The van der Waals surface area contributed by atoms with E-state index in [-0.39, 0.29) is 11.6 Å². The predicted molar refractivity (Wildman–Crippen MR) is 38.7 cm³/mol. The predicted octanol–water partition coefficient (Wildman–Crippen LogP) is 0.780. The van der Waals surface area contributed by atoms with Gasteiger partial charge >= 0.3 is 0 Å². The van der Waals surface area contributed by atoms with Crippen LogP contribution >= 0.6 is 15.9 Å². The number of halogens is 1.